The number of carbonyl (C=O) groups is 1. The van der Waals surface area contributed by atoms with Crippen molar-refractivity contribution in [1.82, 2.24) is 28.6 Å². The SMILES string of the molecule is Cn1c(=O)c2c(ncn2CCCC(=O)N2CCCC2c2nc3ccccc3s2)n(C)c1=O. The highest BCUT2D eigenvalue weighted by Gasteiger charge is 2.31. The highest BCUT2D eigenvalue weighted by molar-refractivity contribution is 7.18. The van der Waals surface area contributed by atoms with Gasteiger partial charge in [0.2, 0.25) is 5.91 Å². The lowest BCUT2D eigenvalue weighted by Gasteiger charge is -2.23. The number of fused-ring (bicyclic) bond motifs is 2. The molecule has 4 aromatic rings. The second kappa shape index (κ2) is 8.01. The summed E-state index contributed by atoms with van der Waals surface area (Å²) in [6.07, 6.45) is 4.44. The third kappa shape index (κ3) is 3.35. The average Bonchev–Trinajstić information content (AvgIpc) is 3.53. The van der Waals surface area contributed by atoms with Crippen LogP contribution in [-0.2, 0) is 25.4 Å². The number of thiazole rings is 1. The van der Waals surface area contributed by atoms with Crippen LogP contribution in [0.15, 0.2) is 40.2 Å². The van der Waals surface area contributed by atoms with Gasteiger partial charge in [-0.3, -0.25) is 18.7 Å². The zero-order valence-electron chi connectivity index (χ0n) is 18.0. The van der Waals surface area contributed by atoms with Crippen LogP contribution in [0, 0.1) is 0 Å². The first-order valence-electron chi connectivity index (χ1n) is 10.7. The fraction of sp³-hybridized carbons (Fsp3) is 0.409. The number of hydrogen-bond donors (Lipinski definition) is 0. The monoisotopic (exact) mass is 452 g/mol. The van der Waals surface area contributed by atoms with Crippen LogP contribution in [0.25, 0.3) is 21.4 Å². The van der Waals surface area contributed by atoms with Gasteiger partial charge in [-0.25, -0.2) is 14.8 Å². The summed E-state index contributed by atoms with van der Waals surface area (Å²) in [5.41, 5.74) is 0.949. The van der Waals surface area contributed by atoms with Crippen LogP contribution in [-0.4, -0.2) is 41.0 Å². The quantitative estimate of drug-likeness (QED) is 0.463. The molecule has 0 spiro atoms. The maximum Gasteiger partial charge on any atom is 0.332 e. The molecule has 1 aliphatic heterocycles. The molecule has 0 bridgehead atoms. The van der Waals surface area contributed by atoms with Gasteiger partial charge < -0.3 is 9.47 Å². The lowest BCUT2D eigenvalue weighted by Crippen LogP contribution is -2.37. The van der Waals surface area contributed by atoms with E-state index in [1.54, 1.807) is 29.3 Å². The predicted octanol–water partition coefficient (Wildman–Crippen LogP) is 2.19. The molecule has 3 aromatic heterocycles. The van der Waals surface area contributed by atoms with E-state index >= 15 is 0 Å². The normalized spacial score (nSPS) is 16.4. The minimum atomic E-state index is -0.405. The van der Waals surface area contributed by atoms with Crippen LogP contribution in [0.2, 0.25) is 0 Å². The van der Waals surface area contributed by atoms with E-state index in [4.69, 9.17) is 4.98 Å². The fourth-order valence-electron chi connectivity index (χ4n) is 4.47. The Bertz CT molecular complexity index is 1410. The molecule has 1 fully saturated rings. The summed E-state index contributed by atoms with van der Waals surface area (Å²) in [4.78, 5) is 48.6. The molecule has 1 aromatic carbocycles. The summed E-state index contributed by atoms with van der Waals surface area (Å²) in [6, 6.07) is 8.09. The summed E-state index contributed by atoms with van der Waals surface area (Å²) >= 11 is 1.66. The third-order valence-corrected chi connectivity index (χ3v) is 7.31. The van der Waals surface area contributed by atoms with Gasteiger partial charge in [-0.1, -0.05) is 12.1 Å². The molecule has 1 saturated heterocycles. The van der Waals surface area contributed by atoms with Crippen molar-refractivity contribution in [3.05, 3.63) is 56.4 Å². The topological polar surface area (TPSA) is 95.0 Å². The predicted molar refractivity (Wildman–Crippen MR) is 123 cm³/mol. The molecule has 166 valence electrons. The fourth-order valence-corrected chi connectivity index (χ4v) is 5.58. The minimum absolute atomic E-state index is 0.0378. The molecule has 1 atom stereocenters. The first-order valence-corrected chi connectivity index (χ1v) is 11.5. The van der Waals surface area contributed by atoms with Crippen LogP contribution >= 0.6 is 11.3 Å². The molecule has 1 unspecified atom stereocenters. The van der Waals surface area contributed by atoms with Crippen molar-refractivity contribution < 1.29 is 4.79 Å². The Labute approximate surface area is 187 Å². The molecule has 10 heteroatoms. The van der Waals surface area contributed by atoms with Crippen molar-refractivity contribution in [2.24, 2.45) is 14.1 Å². The van der Waals surface area contributed by atoms with Gasteiger partial charge in [0.15, 0.2) is 11.2 Å². The highest BCUT2D eigenvalue weighted by Crippen LogP contribution is 2.36. The number of carbonyl (C=O) groups excluding carboxylic acids is 1. The van der Waals surface area contributed by atoms with E-state index in [0.717, 1.165) is 39.2 Å². The van der Waals surface area contributed by atoms with Crippen molar-refractivity contribution in [2.45, 2.75) is 38.3 Å². The number of rotatable bonds is 5. The van der Waals surface area contributed by atoms with Gasteiger partial charge in [-0.05, 0) is 31.4 Å². The summed E-state index contributed by atoms with van der Waals surface area (Å²) < 4.78 is 5.33. The van der Waals surface area contributed by atoms with Gasteiger partial charge in [-0.15, -0.1) is 11.3 Å². The van der Waals surface area contributed by atoms with Gasteiger partial charge in [0.25, 0.3) is 5.56 Å². The summed E-state index contributed by atoms with van der Waals surface area (Å²) in [7, 11) is 3.06. The van der Waals surface area contributed by atoms with Crippen molar-refractivity contribution in [2.75, 3.05) is 6.54 Å². The first-order chi connectivity index (χ1) is 15.5. The molecule has 1 amide bonds. The minimum Gasteiger partial charge on any atom is -0.333 e. The van der Waals surface area contributed by atoms with E-state index in [0.29, 0.717) is 30.6 Å². The molecule has 0 radical (unpaired) electrons. The number of aromatic nitrogens is 5. The molecule has 0 N–H and O–H groups in total. The van der Waals surface area contributed by atoms with Crippen LogP contribution < -0.4 is 11.2 Å². The zero-order chi connectivity index (χ0) is 22.4. The van der Waals surface area contributed by atoms with Crippen molar-refractivity contribution >= 4 is 38.6 Å². The van der Waals surface area contributed by atoms with E-state index in [1.165, 1.54) is 11.6 Å². The van der Waals surface area contributed by atoms with Crippen LogP contribution in [0.4, 0.5) is 0 Å². The largest absolute Gasteiger partial charge is 0.333 e. The summed E-state index contributed by atoms with van der Waals surface area (Å²) in [5.74, 6) is 0.108. The number of imidazole rings is 1. The van der Waals surface area contributed by atoms with Crippen molar-refractivity contribution in [3.63, 3.8) is 0 Å². The third-order valence-electron chi connectivity index (χ3n) is 6.18. The molecule has 0 saturated carbocycles. The Morgan fingerprint density at radius 3 is 2.81 bits per heavy atom. The lowest BCUT2D eigenvalue weighted by atomic mass is 10.2. The lowest BCUT2D eigenvalue weighted by molar-refractivity contribution is -0.132. The number of aryl methyl sites for hydroxylation is 2. The average molecular weight is 453 g/mol. The number of amides is 1. The number of hydrogen-bond acceptors (Lipinski definition) is 6. The Morgan fingerprint density at radius 2 is 2.00 bits per heavy atom. The standard InChI is InChI=1S/C22H24N6O3S/c1-25-19-18(21(30)26(2)22(25)31)27(13-23-19)11-6-10-17(29)28-12-5-8-15(28)20-24-14-7-3-4-9-16(14)32-20/h3-4,7,9,13,15H,5-6,8,10-12H2,1-2H3. The summed E-state index contributed by atoms with van der Waals surface area (Å²) in [6.45, 7) is 1.23. The molecule has 4 heterocycles. The van der Waals surface area contributed by atoms with E-state index in [9.17, 15) is 14.4 Å². The van der Waals surface area contributed by atoms with Gasteiger partial charge >= 0.3 is 5.69 Å². The maximum absolute atomic E-state index is 13.0. The van der Waals surface area contributed by atoms with E-state index in [1.807, 2.05) is 23.1 Å². The second-order valence-corrected chi connectivity index (χ2v) is 9.25. The Balaban J connectivity index is 1.30. The Morgan fingerprint density at radius 1 is 1.19 bits per heavy atom. The van der Waals surface area contributed by atoms with Gasteiger partial charge in [0.05, 0.1) is 22.6 Å². The molecule has 0 aliphatic carbocycles. The molecule has 1 aliphatic rings. The Hall–Kier alpha value is -3.27. The first kappa shape index (κ1) is 20.6. The van der Waals surface area contributed by atoms with Crippen LogP contribution in [0.5, 0.6) is 0 Å². The highest BCUT2D eigenvalue weighted by atomic mass is 32.1. The molecular formula is C22H24N6O3S. The van der Waals surface area contributed by atoms with Gasteiger partial charge in [0, 0.05) is 33.6 Å². The maximum atomic E-state index is 13.0. The molecule has 32 heavy (non-hydrogen) atoms. The summed E-state index contributed by atoms with van der Waals surface area (Å²) in [5, 5.41) is 1.00. The van der Waals surface area contributed by atoms with Gasteiger partial charge in [-0.2, -0.15) is 0 Å². The van der Waals surface area contributed by atoms with Gasteiger partial charge in [0.1, 0.15) is 5.01 Å². The van der Waals surface area contributed by atoms with Crippen LogP contribution in [0.3, 0.4) is 0 Å². The zero-order valence-corrected chi connectivity index (χ0v) is 18.8. The van der Waals surface area contributed by atoms with Crippen molar-refractivity contribution in [1.29, 1.82) is 0 Å². The number of nitrogens with zero attached hydrogens (tertiary/aromatic N) is 6. The van der Waals surface area contributed by atoms with E-state index in [2.05, 4.69) is 11.1 Å². The Kier molecular flexibility index (Phi) is 5.16. The van der Waals surface area contributed by atoms with Crippen molar-refractivity contribution in [3.8, 4) is 0 Å². The molecule has 5 rings (SSSR count). The second-order valence-electron chi connectivity index (χ2n) is 8.18. The van der Waals surface area contributed by atoms with E-state index in [-0.39, 0.29) is 17.5 Å². The molecule has 9 nitrogen and oxygen atoms in total. The number of likely N-dealkylation sites (tertiary alicyclic amines) is 1. The van der Waals surface area contributed by atoms with Crippen LogP contribution in [0.1, 0.15) is 36.7 Å². The van der Waals surface area contributed by atoms with E-state index < -0.39 is 5.69 Å². The molecular weight excluding hydrogens is 428 g/mol. The number of para-hydroxylation sites is 1. The smallest absolute Gasteiger partial charge is 0.332 e. The number of benzene rings is 1.